The second-order valence-corrected chi connectivity index (χ2v) is 5.69. The third kappa shape index (κ3) is 5.44. The van der Waals surface area contributed by atoms with Gasteiger partial charge in [0.25, 0.3) is 11.8 Å². The highest BCUT2D eigenvalue weighted by atomic mass is 16.5. The Morgan fingerprint density at radius 3 is 2.42 bits per heavy atom. The summed E-state index contributed by atoms with van der Waals surface area (Å²) in [6.45, 7) is 3.52. The van der Waals surface area contributed by atoms with Crippen LogP contribution < -0.4 is 10.2 Å². The van der Waals surface area contributed by atoms with Crippen LogP contribution in [0, 0.1) is 6.92 Å². The lowest BCUT2D eigenvalue weighted by atomic mass is 10.1. The lowest BCUT2D eigenvalue weighted by molar-refractivity contribution is -0.146. The molecule has 0 saturated carbocycles. The smallest absolute Gasteiger partial charge is 0.325 e. The molecule has 0 atom stereocenters. The lowest BCUT2D eigenvalue weighted by Crippen LogP contribution is -2.36. The van der Waals surface area contributed by atoms with Gasteiger partial charge in [-0.25, -0.2) is 0 Å². The molecule has 0 aliphatic rings. The van der Waals surface area contributed by atoms with E-state index in [4.69, 9.17) is 4.74 Å². The summed E-state index contributed by atoms with van der Waals surface area (Å²) in [5.74, 6) is -1.35. The number of anilines is 1. The van der Waals surface area contributed by atoms with E-state index in [1.165, 1.54) is 4.90 Å². The van der Waals surface area contributed by atoms with Gasteiger partial charge in [0, 0.05) is 17.8 Å². The van der Waals surface area contributed by atoms with Gasteiger partial charge in [0.1, 0.15) is 6.54 Å². The fourth-order valence-corrected chi connectivity index (χ4v) is 2.42. The Kier molecular flexibility index (Phi) is 6.91. The minimum atomic E-state index is -0.663. The van der Waals surface area contributed by atoms with Crippen molar-refractivity contribution in [1.29, 1.82) is 0 Å². The van der Waals surface area contributed by atoms with Crippen molar-refractivity contribution in [3.63, 3.8) is 0 Å². The fourth-order valence-electron chi connectivity index (χ4n) is 2.42. The van der Waals surface area contributed by atoms with Crippen molar-refractivity contribution in [2.24, 2.45) is 0 Å². The zero-order valence-electron chi connectivity index (χ0n) is 14.9. The number of carbonyl (C=O) groups excluding carboxylic acids is 3. The third-order valence-electron chi connectivity index (χ3n) is 3.72. The zero-order chi connectivity index (χ0) is 18.9. The van der Waals surface area contributed by atoms with E-state index in [2.05, 4.69) is 5.32 Å². The van der Waals surface area contributed by atoms with Crippen LogP contribution >= 0.6 is 0 Å². The van der Waals surface area contributed by atoms with E-state index in [9.17, 15) is 14.4 Å². The van der Waals surface area contributed by atoms with Gasteiger partial charge in [0.05, 0.1) is 0 Å². The zero-order valence-corrected chi connectivity index (χ0v) is 14.9. The molecule has 0 radical (unpaired) electrons. The van der Waals surface area contributed by atoms with Gasteiger partial charge in [-0.1, -0.05) is 35.9 Å². The van der Waals surface area contributed by atoms with Crippen molar-refractivity contribution in [2.75, 3.05) is 24.6 Å². The summed E-state index contributed by atoms with van der Waals surface area (Å²) < 4.78 is 4.97. The Bertz CT molecular complexity index is 774. The summed E-state index contributed by atoms with van der Waals surface area (Å²) in [5.41, 5.74) is 2.16. The van der Waals surface area contributed by atoms with Gasteiger partial charge in [0.2, 0.25) is 0 Å². The first-order valence-electron chi connectivity index (χ1n) is 8.37. The molecule has 0 heterocycles. The van der Waals surface area contributed by atoms with E-state index in [1.54, 1.807) is 18.2 Å². The Morgan fingerprint density at radius 2 is 1.77 bits per heavy atom. The molecule has 2 rings (SSSR count). The van der Waals surface area contributed by atoms with Gasteiger partial charge in [0.15, 0.2) is 6.61 Å². The standard InChI is InChI=1S/C20H22N2O4/c1-3-22(17-10-5-4-6-11-17)18(23)14-26-19(24)13-21-20(25)16-9-7-8-15(2)12-16/h4-12H,3,13-14H2,1-2H3,(H,21,25). The normalized spacial score (nSPS) is 10.1. The topological polar surface area (TPSA) is 75.7 Å². The molecule has 0 unspecified atom stereocenters. The van der Waals surface area contributed by atoms with E-state index < -0.39 is 5.97 Å². The fraction of sp³-hybridized carbons (Fsp3) is 0.250. The average molecular weight is 354 g/mol. The summed E-state index contributed by atoms with van der Waals surface area (Å²) in [5, 5.41) is 2.49. The maximum atomic E-state index is 12.2. The maximum Gasteiger partial charge on any atom is 0.325 e. The van der Waals surface area contributed by atoms with E-state index in [0.717, 1.165) is 11.3 Å². The number of aryl methyl sites for hydroxylation is 1. The number of nitrogens with one attached hydrogen (secondary N) is 1. The molecule has 6 heteroatoms. The number of hydrogen-bond acceptors (Lipinski definition) is 4. The first-order valence-corrected chi connectivity index (χ1v) is 8.37. The van der Waals surface area contributed by atoms with Crippen LogP contribution in [0.2, 0.25) is 0 Å². The first kappa shape index (κ1) is 19.2. The summed E-state index contributed by atoms with van der Waals surface area (Å²) in [6.07, 6.45) is 0. The Labute approximate surface area is 152 Å². The summed E-state index contributed by atoms with van der Waals surface area (Å²) in [4.78, 5) is 37.5. The number of para-hydroxylation sites is 1. The van der Waals surface area contributed by atoms with Gasteiger partial charge in [-0.05, 0) is 38.1 Å². The number of hydrogen-bond donors (Lipinski definition) is 1. The van der Waals surface area contributed by atoms with E-state index in [-0.39, 0.29) is 25.0 Å². The van der Waals surface area contributed by atoms with Crippen molar-refractivity contribution in [3.8, 4) is 0 Å². The van der Waals surface area contributed by atoms with Crippen LogP contribution in [0.1, 0.15) is 22.8 Å². The van der Waals surface area contributed by atoms with Crippen molar-refractivity contribution >= 4 is 23.5 Å². The average Bonchev–Trinajstić information content (AvgIpc) is 2.66. The van der Waals surface area contributed by atoms with Gasteiger partial charge in [-0.15, -0.1) is 0 Å². The highest BCUT2D eigenvalue weighted by molar-refractivity contribution is 5.97. The maximum absolute atomic E-state index is 12.2. The molecule has 0 fully saturated rings. The quantitative estimate of drug-likeness (QED) is 0.774. The number of rotatable bonds is 7. The highest BCUT2D eigenvalue weighted by Crippen LogP contribution is 2.13. The van der Waals surface area contributed by atoms with Gasteiger partial charge in [-0.2, -0.15) is 0 Å². The molecule has 26 heavy (non-hydrogen) atoms. The van der Waals surface area contributed by atoms with Crippen LogP contribution in [0.25, 0.3) is 0 Å². The number of likely N-dealkylation sites (N-methyl/N-ethyl adjacent to an activating group) is 1. The highest BCUT2D eigenvalue weighted by Gasteiger charge is 2.16. The summed E-state index contributed by atoms with van der Waals surface area (Å²) in [6, 6.07) is 16.2. The van der Waals surface area contributed by atoms with Crippen LogP contribution in [0.5, 0.6) is 0 Å². The number of benzene rings is 2. The molecule has 2 aromatic rings. The largest absolute Gasteiger partial charge is 0.454 e. The Balaban J connectivity index is 1.81. The molecular weight excluding hydrogens is 332 g/mol. The summed E-state index contributed by atoms with van der Waals surface area (Å²) >= 11 is 0. The molecule has 0 aliphatic carbocycles. The van der Waals surface area contributed by atoms with E-state index in [0.29, 0.717) is 12.1 Å². The molecule has 136 valence electrons. The molecule has 2 aromatic carbocycles. The molecule has 6 nitrogen and oxygen atoms in total. The monoisotopic (exact) mass is 354 g/mol. The molecule has 2 amide bonds. The predicted octanol–water partition coefficient (Wildman–Crippen LogP) is 2.32. The first-order chi connectivity index (χ1) is 12.5. The van der Waals surface area contributed by atoms with Crippen LogP contribution in [-0.2, 0) is 14.3 Å². The number of carbonyl (C=O) groups is 3. The number of esters is 1. The van der Waals surface area contributed by atoms with E-state index in [1.807, 2.05) is 50.2 Å². The van der Waals surface area contributed by atoms with Crippen molar-refractivity contribution < 1.29 is 19.1 Å². The molecule has 0 saturated heterocycles. The SMILES string of the molecule is CCN(C(=O)COC(=O)CNC(=O)c1cccc(C)c1)c1ccccc1. The lowest BCUT2D eigenvalue weighted by Gasteiger charge is -2.20. The molecule has 0 spiro atoms. The Morgan fingerprint density at radius 1 is 1.04 bits per heavy atom. The Hall–Kier alpha value is -3.15. The second-order valence-electron chi connectivity index (χ2n) is 5.69. The van der Waals surface area contributed by atoms with Crippen LogP contribution in [0.4, 0.5) is 5.69 Å². The molecule has 0 bridgehead atoms. The molecule has 1 N–H and O–H groups in total. The van der Waals surface area contributed by atoms with Crippen molar-refractivity contribution in [2.45, 2.75) is 13.8 Å². The van der Waals surface area contributed by atoms with Gasteiger partial charge < -0.3 is 15.0 Å². The van der Waals surface area contributed by atoms with Gasteiger partial charge >= 0.3 is 5.97 Å². The number of ether oxygens (including phenoxy) is 1. The van der Waals surface area contributed by atoms with Crippen LogP contribution in [0.15, 0.2) is 54.6 Å². The van der Waals surface area contributed by atoms with Crippen molar-refractivity contribution in [1.82, 2.24) is 5.32 Å². The van der Waals surface area contributed by atoms with Crippen LogP contribution in [-0.4, -0.2) is 37.5 Å². The third-order valence-corrected chi connectivity index (χ3v) is 3.72. The minimum absolute atomic E-state index is 0.294. The van der Waals surface area contributed by atoms with E-state index >= 15 is 0 Å². The molecule has 0 aliphatic heterocycles. The van der Waals surface area contributed by atoms with Crippen LogP contribution in [0.3, 0.4) is 0 Å². The summed E-state index contributed by atoms with van der Waals surface area (Å²) in [7, 11) is 0. The molecule has 0 aromatic heterocycles. The number of amides is 2. The predicted molar refractivity (Wildman–Crippen MR) is 98.9 cm³/mol. The van der Waals surface area contributed by atoms with Gasteiger partial charge in [-0.3, -0.25) is 14.4 Å². The second kappa shape index (κ2) is 9.36. The molecular formula is C20H22N2O4. The van der Waals surface area contributed by atoms with Crippen molar-refractivity contribution in [3.05, 3.63) is 65.7 Å². The minimum Gasteiger partial charge on any atom is -0.454 e. The number of nitrogens with zero attached hydrogens (tertiary/aromatic N) is 1.